The van der Waals surface area contributed by atoms with Gasteiger partial charge < -0.3 is 5.32 Å². The highest BCUT2D eigenvalue weighted by Crippen LogP contribution is 2.26. The zero-order valence-electron chi connectivity index (χ0n) is 12.2. The highest BCUT2D eigenvalue weighted by Gasteiger charge is 2.29. The maximum atomic E-state index is 13.0. The lowest BCUT2D eigenvalue weighted by molar-refractivity contribution is -0.120. The third kappa shape index (κ3) is 3.42. The van der Waals surface area contributed by atoms with Crippen molar-refractivity contribution in [3.8, 4) is 0 Å². The third-order valence-corrected chi connectivity index (χ3v) is 3.97. The molecule has 0 spiro atoms. The molecule has 2 nitrogen and oxygen atoms in total. The van der Waals surface area contributed by atoms with E-state index in [0.717, 1.165) is 11.1 Å². The van der Waals surface area contributed by atoms with Crippen molar-refractivity contribution in [3.05, 3.63) is 64.4 Å². The van der Waals surface area contributed by atoms with E-state index in [9.17, 15) is 9.18 Å². The Balaban J connectivity index is 2.21. The summed E-state index contributed by atoms with van der Waals surface area (Å²) in [4.78, 5) is 12.5. The van der Waals surface area contributed by atoms with Crippen LogP contribution in [0.25, 0.3) is 0 Å². The summed E-state index contributed by atoms with van der Waals surface area (Å²) in [7, 11) is 0. The van der Waals surface area contributed by atoms with Gasteiger partial charge in [0.05, 0.1) is 5.41 Å². The molecule has 1 N–H and O–H groups in total. The van der Waals surface area contributed by atoms with Gasteiger partial charge in [0.25, 0.3) is 0 Å². The predicted molar refractivity (Wildman–Crippen MR) is 84.2 cm³/mol. The first kappa shape index (κ1) is 15.5. The summed E-state index contributed by atoms with van der Waals surface area (Å²) in [5, 5.41) is 3.45. The fourth-order valence-corrected chi connectivity index (χ4v) is 2.14. The summed E-state index contributed by atoms with van der Waals surface area (Å²) in [5.74, 6) is -0.491. The zero-order chi connectivity index (χ0) is 15.6. The summed E-state index contributed by atoms with van der Waals surface area (Å²) in [5.41, 5.74) is 1.57. The molecule has 0 bridgehead atoms. The van der Waals surface area contributed by atoms with Crippen molar-refractivity contribution >= 4 is 23.2 Å². The minimum atomic E-state index is -0.773. The third-order valence-electron chi connectivity index (χ3n) is 3.56. The van der Waals surface area contributed by atoms with E-state index in [-0.39, 0.29) is 11.7 Å². The van der Waals surface area contributed by atoms with Crippen LogP contribution in [0, 0.1) is 12.7 Å². The molecule has 0 aliphatic heterocycles. The van der Waals surface area contributed by atoms with E-state index in [4.69, 9.17) is 11.6 Å². The molecule has 110 valence electrons. The van der Waals surface area contributed by atoms with Crippen LogP contribution in [0.5, 0.6) is 0 Å². The lowest BCUT2D eigenvalue weighted by atomic mass is 9.83. The van der Waals surface area contributed by atoms with Gasteiger partial charge in [0.15, 0.2) is 0 Å². The average molecular weight is 306 g/mol. The normalized spacial score (nSPS) is 11.3. The topological polar surface area (TPSA) is 29.1 Å². The Morgan fingerprint density at radius 2 is 1.76 bits per heavy atom. The Labute approximate surface area is 128 Å². The summed E-state index contributed by atoms with van der Waals surface area (Å²) in [6, 6.07) is 11.3. The van der Waals surface area contributed by atoms with Crippen LogP contribution in [-0.2, 0) is 10.2 Å². The number of nitrogens with one attached hydrogen (secondary N) is 1. The van der Waals surface area contributed by atoms with Gasteiger partial charge in [-0.05, 0) is 56.2 Å². The Morgan fingerprint density at radius 3 is 2.33 bits per heavy atom. The lowest BCUT2D eigenvalue weighted by Gasteiger charge is -2.24. The number of carbonyl (C=O) groups is 1. The molecular formula is C17H17ClFNO. The molecule has 0 aliphatic carbocycles. The quantitative estimate of drug-likeness (QED) is 0.874. The Hall–Kier alpha value is -1.87. The summed E-state index contributed by atoms with van der Waals surface area (Å²) >= 11 is 6.05. The summed E-state index contributed by atoms with van der Waals surface area (Å²) in [6.07, 6.45) is 0. The Kier molecular flexibility index (Phi) is 4.33. The smallest absolute Gasteiger partial charge is 0.234 e. The molecule has 0 fully saturated rings. The van der Waals surface area contributed by atoms with E-state index in [0.29, 0.717) is 10.7 Å². The van der Waals surface area contributed by atoms with Crippen LogP contribution in [0.1, 0.15) is 25.0 Å². The van der Waals surface area contributed by atoms with Gasteiger partial charge in [-0.25, -0.2) is 4.39 Å². The van der Waals surface area contributed by atoms with E-state index in [2.05, 4.69) is 5.32 Å². The van der Waals surface area contributed by atoms with Gasteiger partial charge in [-0.3, -0.25) is 4.79 Å². The molecule has 0 saturated heterocycles. The van der Waals surface area contributed by atoms with Gasteiger partial charge in [-0.1, -0.05) is 29.8 Å². The van der Waals surface area contributed by atoms with Crippen molar-refractivity contribution in [2.75, 3.05) is 5.32 Å². The van der Waals surface area contributed by atoms with Crippen LogP contribution in [0.2, 0.25) is 5.02 Å². The van der Waals surface area contributed by atoms with Crippen molar-refractivity contribution in [1.82, 2.24) is 0 Å². The van der Waals surface area contributed by atoms with Crippen LogP contribution in [0.3, 0.4) is 0 Å². The molecule has 4 heteroatoms. The van der Waals surface area contributed by atoms with Gasteiger partial charge in [0.2, 0.25) is 5.91 Å². The molecule has 21 heavy (non-hydrogen) atoms. The molecular weight excluding hydrogens is 289 g/mol. The number of benzene rings is 2. The molecule has 0 saturated carbocycles. The highest BCUT2D eigenvalue weighted by atomic mass is 35.5. The zero-order valence-corrected chi connectivity index (χ0v) is 13.0. The van der Waals surface area contributed by atoms with E-state index in [1.807, 2.05) is 13.0 Å². The first-order valence-corrected chi connectivity index (χ1v) is 7.02. The molecule has 2 aromatic carbocycles. The van der Waals surface area contributed by atoms with Crippen molar-refractivity contribution in [2.45, 2.75) is 26.2 Å². The second-order valence-electron chi connectivity index (χ2n) is 5.55. The second kappa shape index (κ2) is 5.86. The van der Waals surface area contributed by atoms with Gasteiger partial charge >= 0.3 is 0 Å². The van der Waals surface area contributed by atoms with Crippen LogP contribution < -0.4 is 5.32 Å². The van der Waals surface area contributed by atoms with E-state index >= 15 is 0 Å². The molecule has 2 rings (SSSR count). The van der Waals surface area contributed by atoms with Crippen molar-refractivity contribution in [1.29, 1.82) is 0 Å². The van der Waals surface area contributed by atoms with E-state index in [1.165, 1.54) is 12.1 Å². The monoisotopic (exact) mass is 305 g/mol. The molecule has 0 heterocycles. The van der Waals surface area contributed by atoms with Crippen LogP contribution >= 0.6 is 11.6 Å². The number of rotatable bonds is 3. The molecule has 0 aromatic heterocycles. The van der Waals surface area contributed by atoms with Crippen molar-refractivity contribution in [2.24, 2.45) is 0 Å². The van der Waals surface area contributed by atoms with Gasteiger partial charge in [0.1, 0.15) is 5.82 Å². The second-order valence-corrected chi connectivity index (χ2v) is 5.96. The van der Waals surface area contributed by atoms with Crippen LogP contribution in [0.4, 0.5) is 10.1 Å². The summed E-state index contributed by atoms with van der Waals surface area (Å²) in [6.45, 7) is 5.49. The van der Waals surface area contributed by atoms with E-state index < -0.39 is 5.41 Å². The number of hydrogen-bond acceptors (Lipinski definition) is 1. The van der Waals surface area contributed by atoms with Gasteiger partial charge in [-0.2, -0.15) is 0 Å². The first-order valence-electron chi connectivity index (χ1n) is 6.64. The highest BCUT2D eigenvalue weighted by molar-refractivity contribution is 6.31. The minimum absolute atomic E-state index is 0.172. The number of halogens is 2. The lowest BCUT2D eigenvalue weighted by Crippen LogP contribution is -2.34. The van der Waals surface area contributed by atoms with Crippen LogP contribution in [0.15, 0.2) is 42.5 Å². The largest absolute Gasteiger partial charge is 0.325 e. The van der Waals surface area contributed by atoms with Gasteiger partial charge in [-0.15, -0.1) is 0 Å². The average Bonchev–Trinajstić information content (AvgIpc) is 2.43. The Bertz CT molecular complexity index is 665. The predicted octanol–water partition coefficient (Wildman–Crippen LogP) is 4.70. The molecule has 0 unspecified atom stereocenters. The number of aryl methyl sites for hydroxylation is 1. The van der Waals surface area contributed by atoms with Crippen molar-refractivity contribution in [3.63, 3.8) is 0 Å². The fraction of sp³-hybridized carbons (Fsp3) is 0.235. The maximum Gasteiger partial charge on any atom is 0.234 e. The number of carbonyl (C=O) groups excluding carboxylic acids is 1. The number of anilines is 1. The SMILES string of the molecule is Cc1ccc(NC(=O)C(C)(C)c2ccc(F)cc2)cc1Cl. The van der Waals surface area contributed by atoms with Gasteiger partial charge in [0, 0.05) is 10.7 Å². The molecule has 0 atom stereocenters. The maximum absolute atomic E-state index is 13.0. The van der Waals surface area contributed by atoms with Crippen molar-refractivity contribution < 1.29 is 9.18 Å². The molecule has 0 aliphatic rings. The molecule has 2 aromatic rings. The minimum Gasteiger partial charge on any atom is -0.325 e. The number of hydrogen-bond donors (Lipinski definition) is 1. The molecule has 1 amide bonds. The number of amides is 1. The van der Waals surface area contributed by atoms with E-state index in [1.54, 1.807) is 38.1 Å². The molecule has 0 radical (unpaired) electrons. The fourth-order valence-electron chi connectivity index (χ4n) is 1.96. The summed E-state index contributed by atoms with van der Waals surface area (Å²) < 4.78 is 13.0. The first-order chi connectivity index (χ1) is 9.80. The van der Waals surface area contributed by atoms with Crippen LogP contribution in [-0.4, -0.2) is 5.91 Å². The standard InChI is InChI=1S/C17H17ClFNO/c1-11-4-9-14(10-15(11)18)20-16(21)17(2,3)12-5-7-13(19)8-6-12/h4-10H,1-3H3,(H,20,21). The Morgan fingerprint density at radius 1 is 1.14 bits per heavy atom.